The lowest BCUT2D eigenvalue weighted by Crippen LogP contribution is -2.04. The highest BCUT2D eigenvalue weighted by molar-refractivity contribution is 7.90. The van der Waals surface area contributed by atoms with Crippen molar-refractivity contribution in [2.45, 2.75) is 24.8 Å². The van der Waals surface area contributed by atoms with E-state index in [4.69, 9.17) is 4.52 Å². The lowest BCUT2D eigenvalue weighted by Gasteiger charge is -2.09. The van der Waals surface area contributed by atoms with Gasteiger partial charge >= 0.3 is 0 Å². The number of benzene rings is 2. The molecule has 25 heavy (non-hydrogen) atoms. The van der Waals surface area contributed by atoms with Crippen LogP contribution >= 0.6 is 0 Å². The van der Waals surface area contributed by atoms with Gasteiger partial charge in [0.25, 0.3) is 0 Å². The molecule has 1 heterocycles. The lowest BCUT2D eigenvalue weighted by atomic mass is 10.1. The summed E-state index contributed by atoms with van der Waals surface area (Å²) in [6.07, 6.45) is 1.79. The van der Waals surface area contributed by atoms with Crippen LogP contribution in [0.4, 0.5) is 5.69 Å². The minimum Gasteiger partial charge on any atom is -0.376 e. The Morgan fingerprint density at radius 3 is 2.60 bits per heavy atom. The van der Waals surface area contributed by atoms with E-state index in [0.717, 1.165) is 16.8 Å². The zero-order valence-corrected chi connectivity index (χ0v) is 14.9. The number of anilines is 1. The second-order valence-corrected chi connectivity index (χ2v) is 7.88. The molecular formula is C18H19N3O3S. The summed E-state index contributed by atoms with van der Waals surface area (Å²) in [7, 11) is -3.25. The SMILES string of the molecule is Cc1ccc(S(C)(=O)=O)cc1NCc1nc(Cc2ccccc2)no1. The van der Waals surface area contributed by atoms with E-state index in [1.54, 1.807) is 18.2 Å². The van der Waals surface area contributed by atoms with Crippen LogP contribution in [-0.4, -0.2) is 24.8 Å². The molecule has 130 valence electrons. The highest BCUT2D eigenvalue weighted by atomic mass is 32.2. The Bertz CT molecular complexity index is 966. The summed E-state index contributed by atoms with van der Waals surface area (Å²) >= 11 is 0. The fourth-order valence-electron chi connectivity index (χ4n) is 2.41. The Morgan fingerprint density at radius 2 is 1.88 bits per heavy atom. The molecule has 0 unspecified atom stereocenters. The van der Waals surface area contributed by atoms with E-state index in [1.807, 2.05) is 37.3 Å². The zero-order valence-electron chi connectivity index (χ0n) is 14.1. The van der Waals surface area contributed by atoms with Crippen LogP contribution in [0.3, 0.4) is 0 Å². The van der Waals surface area contributed by atoms with E-state index < -0.39 is 9.84 Å². The number of hydrogen-bond donors (Lipinski definition) is 1. The highest BCUT2D eigenvalue weighted by Gasteiger charge is 2.11. The largest absolute Gasteiger partial charge is 0.376 e. The molecule has 3 aromatic rings. The van der Waals surface area contributed by atoms with Gasteiger partial charge < -0.3 is 9.84 Å². The average molecular weight is 357 g/mol. The van der Waals surface area contributed by atoms with Crippen molar-refractivity contribution in [1.29, 1.82) is 0 Å². The number of sulfone groups is 1. The molecule has 2 aromatic carbocycles. The number of nitrogens with one attached hydrogen (secondary N) is 1. The molecular weight excluding hydrogens is 338 g/mol. The Labute approximate surface area is 146 Å². The molecule has 0 aliphatic heterocycles. The van der Waals surface area contributed by atoms with Gasteiger partial charge in [0, 0.05) is 18.4 Å². The summed E-state index contributed by atoms with van der Waals surface area (Å²) in [6.45, 7) is 2.24. The first-order valence-corrected chi connectivity index (χ1v) is 9.71. The van der Waals surface area contributed by atoms with Crippen LogP contribution < -0.4 is 5.32 Å². The molecule has 0 atom stereocenters. The third-order valence-electron chi connectivity index (χ3n) is 3.78. The first-order valence-electron chi connectivity index (χ1n) is 7.82. The predicted molar refractivity (Wildman–Crippen MR) is 95.2 cm³/mol. The number of aryl methyl sites for hydroxylation is 1. The van der Waals surface area contributed by atoms with Crippen molar-refractivity contribution in [3.63, 3.8) is 0 Å². The van der Waals surface area contributed by atoms with Gasteiger partial charge in [-0.15, -0.1) is 0 Å². The Hall–Kier alpha value is -2.67. The standard InChI is InChI=1S/C18H19N3O3S/c1-13-8-9-15(25(2,22)23)11-16(13)19-12-18-20-17(21-24-18)10-14-6-4-3-5-7-14/h3-9,11,19H,10,12H2,1-2H3. The van der Waals surface area contributed by atoms with Crippen LogP contribution in [0.15, 0.2) is 57.9 Å². The quantitative estimate of drug-likeness (QED) is 0.730. The Morgan fingerprint density at radius 1 is 1.12 bits per heavy atom. The van der Waals surface area contributed by atoms with Crippen LogP contribution in [0, 0.1) is 6.92 Å². The van der Waals surface area contributed by atoms with Crippen LogP contribution in [0.2, 0.25) is 0 Å². The topological polar surface area (TPSA) is 85.1 Å². The van der Waals surface area contributed by atoms with Crippen molar-refractivity contribution in [3.8, 4) is 0 Å². The Balaban J connectivity index is 1.68. The van der Waals surface area contributed by atoms with Gasteiger partial charge in [-0.3, -0.25) is 0 Å². The van der Waals surface area contributed by atoms with E-state index in [2.05, 4.69) is 15.5 Å². The van der Waals surface area contributed by atoms with Crippen LogP contribution in [-0.2, 0) is 22.8 Å². The zero-order chi connectivity index (χ0) is 17.9. The molecule has 0 saturated heterocycles. The number of hydrogen-bond acceptors (Lipinski definition) is 6. The fraction of sp³-hybridized carbons (Fsp3) is 0.222. The van der Waals surface area contributed by atoms with Crippen molar-refractivity contribution < 1.29 is 12.9 Å². The van der Waals surface area contributed by atoms with Gasteiger partial charge in [-0.2, -0.15) is 4.98 Å². The van der Waals surface area contributed by atoms with Crippen molar-refractivity contribution in [2.24, 2.45) is 0 Å². The van der Waals surface area contributed by atoms with Gasteiger partial charge in [0.2, 0.25) is 5.89 Å². The molecule has 0 spiro atoms. The van der Waals surface area contributed by atoms with Gasteiger partial charge in [-0.1, -0.05) is 41.6 Å². The van der Waals surface area contributed by atoms with Gasteiger partial charge in [0.1, 0.15) is 0 Å². The molecule has 0 aliphatic rings. The lowest BCUT2D eigenvalue weighted by molar-refractivity contribution is 0.378. The highest BCUT2D eigenvalue weighted by Crippen LogP contribution is 2.20. The van der Waals surface area contributed by atoms with Crippen molar-refractivity contribution in [2.75, 3.05) is 11.6 Å². The second-order valence-electron chi connectivity index (χ2n) is 5.87. The van der Waals surface area contributed by atoms with Gasteiger partial charge in [-0.25, -0.2) is 8.42 Å². The fourth-order valence-corrected chi connectivity index (χ4v) is 3.05. The molecule has 0 saturated carbocycles. The van der Waals surface area contributed by atoms with Crippen molar-refractivity contribution >= 4 is 15.5 Å². The van der Waals surface area contributed by atoms with Crippen LogP contribution in [0.5, 0.6) is 0 Å². The van der Waals surface area contributed by atoms with Gasteiger partial charge in [-0.05, 0) is 30.2 Å². The van der Waals surface area contributed by atoms with E-state index >= 15 is 0 Å². The molecule has 0 radical (unpaired) electrons. The predicted octanol–water partition coefficient (Wildman–Crippen LogP) is 2.98. The minimum absolute atomic E-state index is 0.274. The Kier molecular flexibility index (Phi) is 4.85. The normalized spacial score (nSPS) is 11.4. The van der Waals surface area contributed by atoms with Crippen molar-refractivity contribution in [3.05, 3.63) is 71.4 Å². The van der Waals surface area contributed by atoms with E-state index in [-0.39, 0.29) is 4.90 Å². The summed E-state index contributed by atoms with van der Waals surface area (Å²) < 4.78 is 28.6. The molecule has 6 nitrogen and oxygen atoms in total. The molecule has 0 fully saturated rings. The van der Waals surface area contributed by atoms with E-state index in [0.29, 0.717) is 24.7 Å². The first-order chi connectivity index (χ1) is 11.9. The summed E-state index contributed by atoms with van der Waals surface area (Å²) in [5, 5.41) is 7.14. The first kappa shape index (κ1) is 17.2. The molecule has 0 bridgehead atoms. The molecule has 7 heteroatoms. The monoisotopic (exact) mass is 357 g/mol. The molecule has 0 amide bonds. The third kappa shape index (κ3) is 4.45. The van der Waals surface area contributed by atoms with Crippen molar-refractivity contribution in [1.82, 2.24) is 10.1 Å². The molecule has 0 aliphatic carbocycles. The number of rotatable bonds is 6. The molecule has 3 rings (SSSR count). The summed E-state index contributed by atoms with van der Waals surface area (Å²) in [4.78, 5) is 4.64. The summed E-state index contributed by atoms with van der Waals surface area (Å²) in [5.74, 6) is 1.07. The van der Waals surface area contributed by atoms with E-state index in [1.165, 1.54) is 6.26 Å². The number of nitrogens with zero attached hydrogens (tertiary/aromatic N) is 2. The number of aromatic nitrogens is 2. The van der Waals surface area contributed by atoms with Gasteiger partial charge in [0.15, 0.2) is 15.7 Å². The van der Waals surface area contributed by atoms with E-state index in [9.17, 15) is 8.42 Å². The van der Waals surface area contributed by atoms with Crippen LogP contribution in [0.1, 0.15) is 22.8 Å². The summed E-state index contributed by atoms with van der Waals surface area (Å²) in [5.41, 5.74) is 2.78. The molecule has 1 aromatic heterocycles. The minimum atomic E-state index is -3.25. The second kappa shape index (κ2) is 7.06. The molecule has 1 N–H and O–H groups in total. The van der Waals surface area contributed by atoms with Crippen LogP contribution in [0.25, 0.3) is 0 Å². The van der Waals surface area contributed by atoms with Gasteiger partial charge in [0.05, 0.1) is 11.4 Å². The maximum absolute atomic E-state index is 11.7. The maximum Gasteiger partial charge on any atom is 0.245 e. The summed E-state index contributed by atoms with van der Waals surface area (Å²) in [6, 6.07) is 14.9. The third-order valence-corrected chi connectivity index (χ3v) is 4.89. The maximum atomic E-state index is 11.7. The smallest absolute Gasteiger partial charge is 0.245 e. The average Bonchev–Trinajstić information content (AvgIpc) is 3.01.